The maximum absolute atomic E-state index is 5.92. The Morgan fingerprint density at radius 3 is 2.91 bits per heavy atom. The summed E-state index contributed by atoms with van der Waals surface area (Å²) in [5.74, 6) is 1.51. The Morgan fingerprint density at radius 2 is 2.22 bits per heavy atom. The molecular weight excluding hydrogens is 314 g/mol. The number of aryl methyl sites for hydroxylation is 1. The van der Waals surface area contributed by atoms with Crippen molar-refractivity contribution in [1.29, 1.82) is 0 Å². The first-order chi connectivity index (χ1) is 11.2. The second-order valence-corrected chi connectivity index (χ2v) is 5.31. The fourth-order valence-electron chi connectivity index (χ4n) is 1.95. The van der Waals surface area contributed by atoms with Crippen molar-refractivity contribution in [2.24, 2.45) is 12.0 Å². The average Bonchev–Trinajstić information content (AvgIpc) is 2.94. The normalized spacial score (nSPS) is 11.3. The van der Waals surface area contributed by atoms with E-state index in [0.717, 1.165) is 23.9 Å². The van der Waals surface area contributed by atoms with Gasteiger partial charge < -0.3 is 15.4 Å². The third-order valence-electron chi connectivity index (χ3n) is 3.13. The predicted molar refractivity (Wildman–Crippen MR) is 93.0 cm³/mol. The Kier molecular flexibility index (Phi) is 6.75. The third kappa shape index (κ3) is 5.83. The topological polar surface area (TPSA) is 63.5 Å². The quantitative estimate of drug-likeness (QED) is 0.462. The Morgan fingerprint density at radius 1 is 1.35 bits per heavy atom. The van der Waals surface area contributed by atoms with E-state index in [1.54, 1.807) is 12.3 Å². The Hall–Kier alpha value is -2.21. The van der Waals surface area contributed by atoms with Crippen LogP contribution in [0.5, 0.6) is 5.75 Å². The molecule has 0 unspecified atom stereocenters. The first-order valence-electron chi connectivity index (χ1n) is 7.56. The van der Waals surface area contributed by atoms with Gasteiger partial charge in [-0.15, -0.1) is 0 Å². The van der Waals surface area contributed by atoms with Crippen LogP contribution in [0, 0.1) is 0 Å². The van der Waals surface area contributed by atoms with Gasteiger partial charge in [0.25, 0.3) is 0 Å². The smallest absolute Gasteiger partial charge is 0.191 e. The molecule has 124 valence electrons. The van der Waals surface area contributed by atoms with Crippen LogP contribution >= 0.6 is 11.6 Å². The molecule has 0 aliphatic rings. The maximum atomic E-state index is 5.92. The van der Waals surface area contributed by atoms with Gasteiger partial charge >= 0.3 is 0 Å². The zero-order valence-corrected chi connectivity index (χ0v) is 14.2. The molecule has 2 N–H and O–H groups in total. The van der Waals surface area contributed by atoms with E-state index in [0.29, 0.717) is 24.7 Å². The first kappa shape index (κ1) is 17.1. The summed E-state index contributed by atoms with van der Waals surface area (Å²) in [7, 11) is 1.91. The molecule has 7 heteroatoms. The number of halogens is 1. The Labute approximate surface area is 141 Å². The highest BCUT2D eigenvalue weighted by Gasteiger charge is 2.00. The Bertz CT molecular complexity index is 641. The van der Waals surface area contributed by atoms with E-state index in [4.69, 9.17) is 16.3 Å². The molecule has 23 heavy (non-hydrogen) atoms. The highest BCUT2D eigenvalue weighted by atomic mass is 35.5. The van der Waals surface area contributed by atoms with Crippen molar-refractivity contribution >= 4 is 17.6 Å². The zero-order valence-electron chi connectivity index (χ0n) is 13.4. The van der Waals surface area contributed by atoms with E-state index in [9.17, 15) is 0 Å². The van der Waals surface area contributed by atoms with E-state index in [1.807, 2.05) is 42.9 Å². The molecular formula is C16H22ClN5O. The van der Waals surface area contributed by atoms with Gasteiger partial charge in [0.05, 0.1) is 18.8 Å². The van der Waals surface area contributed by atoms with Crippen LogP contribution in [0.4, 0.5) is 0 Å². The number of hydrogen-bond donors (Lipinski definition) is 2. The van der Waals surface area contributed by atoms with Crippen LogP contribution in [0.15, 0.2) is 41.5 Å². The van der Waals surface area contributed by atoms with Crippen LogP contribution in [-0.2, 0) is 13.6 Å². The second kappa shape index (κ2) is 9.05. The van der Waals surface area contributed by atoms with Gasteiger partial charge in [-0.2, -0.15) is 5.10 Å². The van der Waals surface area contributed by atoms with Gasteiger partial charge in [0.15, 0.2) is 5.96 Å². The zero-order chi connectivity index (χ0) is 16.5. The summed E-state index contributed by atoms with van der Waals surface area (Å²) in [6.07, 6.45) is 1.77. The number of benzene rings is 1. The van der Waals surface area contributed by atoms with Crippen molar-refractivity contribution in [2.45, 2.75) is 13.5 Å². The summed E-state index contributed by atoms with van der Waals surface area (Å²) in [5, 5.41) is 11.2. The molecule has 0 aliphatic heterocycles. The number of nitrogens with one attached hydrogen (secondary N) is 2. The van der Waals surface area contributed by atoms with Crippen molar-refractivity contribution in [3.8, 4) is 5.75 Å². The molecule has 0 aliphatic carbocycles. The van der Waals surface area contributed by atoms with Crippen molar-refractivity contribution in [2.75, 3.05) is 19.7 Å². The molecule has 1 aromatic heterocycles. The number of aliphatic imine (C=N–C) groups is 1. The number of guanidine groups is 1. The van der Waals surface area contributed by atoms with Gasteiger partial charge in [-0.05, 0) is 31.2 Å². The van der Waals surface area contributed by atoms with Crippen LogP contribution in [0.25, 0.3) is 0 Å². The standard InChI is InChI=1S/C16H22ClN5O/c1-3-18-16(20-12-14-7-8-21-22(14)2)19-9-10-23-15-6-4-5-13(17)11-15/h4-8,11H,3,9-10,12H2,1-2H3,(H2,18,19,20). The maximum Gasteiger partial charge on any atom is 0.191 e. The lowest BCUT2D eigenvalue weighted by Crippen LogP contribution is -2.39. The summed E-state index contributed by atoms with van der Waals surface area (Å²) >= 11 is 5.92. The molecule has 0 atom stereocenters. The fraction of sp³-hybridized carbons (Fsp3) is 0.375. The lowest BCUT2D eigenvalue weighted by Gasteiger charge is -2.12. The first-order valence-corrected chi connectivity index (χ1v) is 7.94. The van der Waals surface area contributed by atoms with Gasteiger partial charge in [0, 0.05) is 24.8 Å². The van der Waals surface area contributed by atoms with E-state index in [1.165, 1.54) is 0 Å². The molecule has 1 aromatic carbocycles. The minimum absolute atomic E-state index is 0.524. The van der Waals surface area contributed by atoms with Gasteiger partial charge in [0.2, 0.25) is 0 Å². The lowest BCUT2D eigenvalue weighted by atomic mass is 10.3. The molecule has 2 rings (SSSR count). The molecule has 0 bridgehead atoms. The molecule has 0 saturated carbocycles. The average molecular weight is 336 g/mol. The summed E-state index contributed by atoms with van der Waals surface area (Å²) in [6, 6.07) is 9.32. The number of hydrogen-bond acceptors (Lipinski definition) is 3. The SMILES string of the molecule is CCNC(=NCc1ccnn1C)NCCOc1cccc(Cl)c1. The van der Waals surface area contributed by atoms with E-state index in [2.05, 4.69) is 20.7 Å². The van der Waals surface area contributed by atoms with Crippen molar-refractivity contribution < 1.29 is 4.74 Å². The van der Waals surface area contributed by atoms with E-state index >= 15 is 0 Å². The minimum atomic E-state index is 0.524. The molecule has 0 spiro atoms. The van der Waals surface area contributed by atoms with Gasteiger partial charge in [-0.25, -0.2) is 4.99 Å². The highest BCUT2D eigenvalue weighted by Crippen LogP contribution is 2.16. The third-order valence-corrected chi connectivity index (χ3v) is 3.36. The minimum Gasteiger partial charge on any atom is -0.492 e. The molecule has 0 saturated heterocycles. The molecule has 0 radical (unpaired) electrons. The molecule has 6 nitrogen and oxygen atoms in total. The van der Waals surface area contributed by atoms with Gasteiger partial charge in [-0.1, -0.05) is 17.7 Å². The summed E-state index contributed by atoms with van der Waals surface area (Å²) in [5.41, 5.74) is 1.05. The summed E-state index contributed by atoms with van der Waals surface area (Å²) < 4.78 is 7.46. The number of rotatable bonds is 7. The number of ether oxygens (including phenoxy) is 1. The fourth-order valence-corrected chi connectivity index (χ4v) is 2.13. The monoisotopic (exact) mass is 335 g/mol. The molecule has 0 fully saturated rings. The number of aromatic nitrogens is 2. The van der Waals surface area contributed by atoms with Gasteiger partial charge in [-0.3, -0.25) is 4.68 Å². The number of nitrogens with zero attached hydrogens (tertiary/aromatic N) is 3. The van der Waals surface area contributed by atoms with Crippen molar-refractivity contribution in [1.82, 2.24) is 20.4 Å². The molecule has 2 aromatic rings. The van der Waals surface area contributed by atoms with E-state index < -0.39 is 0 Å². The van der Waals surface area contributed by atoms with Crippen LogP contribution < -0.4 is 15.4 Å². The summed E-state index contributed by atoms with van der Waals surface area (Å²) in [4.78, 5) is 4.53. The Balaban J connectivity index is 1.79. The lowest BCUT2D eigenvalue weighted by molar-refractivity contribution is 0.322. The van der Waals surface area contributed by atoms with Crippen molar-refractivity contribution in [3.63, 3.8) is 0 Å². The van der Waals surface area contributed by atoms with Crippen LogP contribution in [0.2, 0.25) is 5.02 Å². The van der Waals surface area contributed by atoms with Crippen LogP contribution in [0.3, 0.4) is 0 Å². The van der Waals surface area contributed by atoms with Gasteiger partial charge in [0.1, 0.15) is 12.4 Å². The predicted octanol–water partition coefficient (Wildman–Crippen LogP) is 2.21. The largest absolute Gasteiger partial charge is 0.492 e. The van der Waals surface area contributed by atoms with E-state index in [-0.39, 0.29) is 0 Å². The molecule has 1 heterocycles. The second-order valence-electron chi connectivity index (χ2n) is 4.87. The highest BCUT2D eigenvalue weighted by molar-refractivity contribution is 6.30. The summed E-state index contributed by atoms with van der Waals surface area (Å²) in [6.45, 7) is 4.57. The van der Waals surface area contributed by atoms with Crippen LogP contribution in [0.1, 0.15) is 12.6 Å². The van der Waals surface area contributed by atoms with Crippen LogP contribution in [-0.4, -0.2) is 35.4 Å². The van der Waals surface area contributed by atoms with Crippen molar-refractivity contribution in [3.05, 3.63) is 47.2 Å². The molecule has 0 amide bonds.